The van der Waals surface area contributed by atoms with Crippen molar-refractivity contribution in [3.63, 3.8) is 0 Å². The van der Waals surface area contributed by atoms with E-state index < -0.39 is 0 Å². The number of unbranched alkanes of at least 4 members (excludes halogenated alkanes) is 1. The zero-order valence-corrected chi connectivity index (χ0v) is 8.95. The fourth-order valence-electron chi connectivity index (χ4n) is 1.77. The molecule has 0 radical (unpaired) electrons. The number of aliphatic hydroxyl groups is 1. The van der Waals surface area contributed by atoms with Gasteiger partial charge in [0, 0.05) is 0 Å². The summed E-state index contributed by atoms with van der Waals surface area (Å²) in [6.07, 6.45) is 3.27. The minimum Gasteiger partial charge on any atom is -0.454 e. The lowest BCUT2D eigenvalue weighted by atomic mass is 10.0. The maximum atomic E-state index is 9.25. The first-order valence-corrected chi connectivity index (χ1v) is 5.37. The van der Waals surface area contributed by atoms with Gasteiger partial charge in [0.25, 0.3) is 0 Å². The molecule has 0 atom stereocenters. The molecule has 1 aliphatic heterocycles. The molecule has 0 unspecified atom stereocenters. The van der Waals surface area contributed by atoms with E-state index in [0.717, 1.165) is 36.3 Å². The summed E-state index contributed by atoms with van der Waals surface area (Å²) in [5, 5.41) is 9.25. The normalized spacial score (nSPS) is 13.2. The molecule has 1 heterocycles. The van der Waals surface area contributed by atoms with E-state index in [-0.39, 0.29) is 13.4 Å². The molecule has 0 aromatic heterocycles. The van der Waals surface area contributed by atoms with Crippen molar-refractivity contribution in [2.24, 2.45) is 0 Å². The fourth-order valence-corrected chi connectivity index (χ4v) is 1.77. The summed E-state index contributed by atoms with van der Waals surface area (Å²) in [6.45, 7) is 2.51. The highest BCUT2D eigenvalue weighted by Gasteiger charge is 2.16. The molecule has 0 saturated heterocycles. The van der Waals surface area contributed by atoms with Crippen LogP contribution in [0.1, 0.15) is 30.9 Å². The van der Waals surface area contributed by atoms with Crippen molar-refractivity contribution in [3.8, 4) is 11.5 Å². The van der Waals surface area contributed by atoms with Gasteiger partial charge in [0.15, 0.2) is 11.5 Å². The Balaban J connectivity index is 2.27. The second kappa shape index (κ2) is 4.53. The zero-order chi connectivity index (χ0) is 10.7. The highest BCUT2D eigenvalue weighted by molar-refractivity contribution is 5.48. The van der Waals surface area contributed by atoms with Crippen molar-refractivity contribution >= 4 is 0 Å². The molecule has 3 nitrogen and oxygen atoms in total. The summed E-state index contributed by atoms with van der Waals surface area (Å²) < 4.78 is 10.6. The predicted molar refractivity (Wildman–Crippen MR) is 57.1 cm³/mol. The van der Waals surface area contributed by atoms with E-state index in [1.807, 2.05) is 12.1 Å². The summed E-state index contributed by atoms with van der Waals surface area (Å²) in [5.41, 5.74) is 2.12. The van der Waals surface area contributed by atoms with Crippen LogP contribution in [0.15, 0.2) is 12.1 Å². The Morgan fingerprint density at radius 2 is 1.87 bits per heavy atom. The van der Waals surface area contributed by atoms with E-state index >= 15 is 0 Å². The van der Waals surface area contributed by atoms with Crippen LogP contribution in [0, 0.1) is 0 Å². The van der Waals surface area contributed by atoms with Gasteiger partial charge in [0.05, 0.1) is 6.61 Å². The van der Waals surface area contributed by atoms with Gasteiger partial charge in [0.2, 0.25) is 6.79 Å². The Bertz CT molecular complexity index is 347. The molecule has 1 aromatic rings. The van der Waals surface area contributed by atoms with Crippen LogP contribution < -0.4 is 9.47 Å². The van der Waals surface area contributed by atoms with Gasteiger partial charge >= 0.3 is 0 Å². The highest BCUT2D eigenvalue weighted by Crippen LogP contribution is 2.35. The van der Waals surface area contributed by atoms with Gasteiger partial charge in [-0.3, -0.25) is 0 Å². The third kappa shape index (κ3) is 2.07. The Morgan fingerprint density at radius 3 is 2.47 bits per heavy atom. The molecule has 1 aromatic carbocycles. The standard InChI is InChI=1S/C12H16O3/c1-2-3-4-9-5-11-12(15-8-14-11)6-10(9)7-13/h5-6,13H,2-4,7-8H2,1H3. The topological polar surface area (TPSA) is 38.7 Å². The van der Waals surface area contributed by atoms with Gasteiger partial charge < -0.3 is 14.6 Å². The molecular formula is C12H16O3. The van der Waals surface area contributed by atoms with E-state index in [2.05, 4.69) is 6.92 Å². The zero-order valence-electron chi connectivity index (χ0n) is 8.95. The average molecular weight is 208 g/mol. The predicted octanol–water partition coefficient (Wildman–Crippen LogP) is 2.25. The van der Waals surface area contributed by atoms with Crippen molar-refractivity contribution in [2.45, 2.75) is 32.8 Å². The van der Waals surface area contributed by atoms with Crippen LogP contribution in [0.4, 0.5) is 0 Å². The maximum absolute atomic E-state index is 9.25. The van der Waals surface area contributed by atoms with E-state index in [1.54, 1.807) is 0 Å². The van der Waals surface area contributed by atoms with Crippen LogP contribution in [0.25, 0.3) is 0 Å². The second-order valence-corrected chi connectivity index (χ2v) is 3.74. The molecule has 15 heavy (non-hydrogen) atoms. The minimum absolute atomic E-state index is 0.0652. The summed E-state index contributed by atoms with van der Waals surface area (Å²) >= 11 is 0. The van der Waals surface area contributed by atoms with Crippen molar-refractivity contribution in [1.29, 1.82) is 0 Å². The molecule has 3 heteroatoms. The molecule has 82 valence electrons. The SMILES string of the molecule is CCCCc1cc2c(cc1CO)OCO2. The molecule has 2 rings (SSSR count). The fraction of sp³-hybridized carbons (Fsp3) is 0.500. The molecular weight excluding hydrogens is 192 g/mol. The number of aryl methyl sites for hydroxylation is 1. The summed E-state index contributed by atoms with van der Waals surface area (Å²) in [7, 11) is 0. The smallest absolute Gasteiger partial charge is 0.231 e. The van der Waals surface area contributed by atoms with Crippen LogP contribution in [-0.4, -0.2) is 11.9 Å². The lowest BCUT2D eigenvalue weighted by Gasteiger charge is -2.08. The molecule has 0 bridgehead atoms. The van der Waals surface area contributed by atoms with Gasteiger partial charge in [-0.05, 0) is 36.1 Å². The van der Waals surface area contributed by atoms with Gasteiger partial charge in [0.1, 0.15) is 0 Å². The number of hydrogen-bond acceptors (Lipinski definition) is 3. The molecule has 1 aliphatic rings. The Kier molecular flexibility index (Phi) is 3.11. The molecule has 0 aliphatic carbocycles. The Labute approximate surface area is 89.6 Å². The van der Waals surface area contributed by atoms with E-state index in [1.165, 1.54) is 5.56 Å². The quantitative estimate of drug-likeness (QED) is 0.824. The number of rotatable bonds is 4. The third-order valence-corrected chi connectivity index (χ3v) is 2.66. The van der Waals surface area contributed by atoms with E-state index in [4.69, 9.17) is 9.47 Å². The number of fused-ring (bicyclic) bond motifs is 1. The van der Waals surface area contributed by atoms with Gasteiger partial charge in [-0.2, -0.15) is 0 Å². The highest BCUT2D eigenvalue weighted by atomic mass is 16.7. The molecule has 1 N–H and O–H groups in total. The van der Waals surface area contributed by atoms with Crippen LogP contribution in [0.5, 0.6) is 11.5 Å². The minimum atomic E-state index is 0.0652. The van der Waals surface area contributed by atoms with Gasteiger partial charge in [-0.15, -0.1) is 0 Å². The monoisotopic (exact) mass is 208 g/mol. The van der Waals surface area contributed by atoms with Crippen molar-refractivity contribution in [1.82, 2.24) is 0 Å². The first kappa shape index (κ1) is 10.3. The summed E-state index contributed by atoms with van der Waals surface area (Å²) in [4.78, 5) is 0. The van der Waals surface area contributed by atoms with Crippen LogP contribution >= 0.6 is 0 Å². The van der Waals surface area contributed by atoms with Crippen molar-refractivity contribution in [2.75, 3.05) is 6.79 Å². The van der Waals surface area contributed by atoms with E-state index in [0.29, 0.717) is 0 Å². The number of hydrogen-bond donors (Lipinski definition) is 1. The van der Waals surface area contributed by atoms with Crippen molar-refractivity contribution < 1.29 is 14.6 Å². The van der Waals surface area contributed by atoms with Crippen LogP contribution in [-0.2, 0) is 13.0 Å². The lowest BCUT2D eigenvalue weighted by Crippen LogP contribution is -1.94. The van der Waals surface area contributed by atoms with Crippen LogP contribution in [0.2, 0.25) is 0 Å². The number of aliphatic hydroxyl groups excluding tert-OH is 1. The first-order chi connectivity index (χ1) is 7.35. The largest absolute Gasteiger partial charge is 0.454 e. The first-order valence-electron chi connectivity index (χ1n) is 5.37. The maximum Gasteiger partial charge on any atom is 0.231 e. The Hall–Kier alpha value is -1.22. The molecule has 0 saturated carbocycles. The molecule has 0 amide bonds. The second-order valence-electron chi connectivity index (χ2n) is 3.74. The van der Waals surface area contributed by atoms with E-state index in [9.17, 15) is 5.11 Å². The average Bonchev–Trinajstić information content (AvgIpc) is 2.71. The molecule has 0 spiro atoms. The number of ether oxygens (including phenoxy) is 2. The van der Waals surface area contributed by atoms with Gasteiger partial charge in [-0.1, -0.05) is 13.3 Å². The van der Waals surface area contributed by atoms with Crippen molar-refractivity contribution in [3.05, 3.63) is 23.3 Å². The summed E-state index contributed by atoms with van der Waals surface area (Å²) in [5.74, 6) is 1.55. The third-order valence-electron chi connectivity index (χ3n) is 2.66. The molecule has 0 fully saturated rings. The Morgan fingerprint density at radius 1 is 1.20 bits per heavy atom. The number of benzene rings is 1. The summed E-state index contributed by atoms with van der Waals surface area (Å²) in [6, 6.07) is 3.87. The van der Waals surface area contributed by atoms with Gasteiger partial charge in [-0.25, -0.2) is 0 Å². The van der Waals surface area contributed by atoms with Crippen LogP contribution in [0.3, 0.4) is 0 Å². The lowest BCUT2D eigenvalue weighted by molar-refractivity contribution is 0.174.